The second-order valence-corrected chi connectivity index (χ2v) is 3.55. The summed E-state index contributed by atoms with van der Waals surface area (Å²) in [5, 5.41) is 4.15. The molecule has 0 aliphatic carbocycles. The minimum Gasteiger partial charge on any atom is -0.265 e. The molecule has 0 aliphatic rings. The normalized spacial score (nSPS) is 10.7. The Hall–Kier alpha value is -1.20. The summed E-state index contributed by atoms with van der Waals surface area (Å²) in [6, 6.07) is 0. The van der Waals surface area contributed by atoms with Crippen molar-refractivity contribution in [3.8, 4) is 11.4 Å². The molecule has 78 valence electrons. The molecule has 0 saturated carbocycles. The standard InChI is InChI=1S/C8H5Cl2FN4/c1-15-7(4(9)2-13-15)6-5(11)3-12-8(10)14-6/h2-3H,1H3. The Morgan fingerprint density at radius 1 is 1.33 bits per heavy atom. The van der Waals surface area contributed by atoms with E-state index >= 15 is 0 Å². The fraction of sp³-hybridized carbons (Fsp3) is 0.125. The van der Waals surface area contributed by atoms with Crippen LogP contribution in [0.4, 0.5) is 4.39 Å². The molecule has 0 bridgehead atoms. The third kappa shape index (κ3) is 1.80. The van der Waals surface area contributed by atoms with Crippen molar-refractivity contribution in [1.29, 1.82) is 0 Å². The fourth-order valence-corrected chi connectivity index (χ4v) is 1.58. The van der Waals surface area contributed by atoms with Gasteiger partial charge < -0.3 is 0 Å². The van der Waals surface area contributed by atoms with E-state index in [9.17, 15) is 4.39 Å². The third-order valence-electron chi connectivity index (χ3n) is 1.83. The summed E-state index contributed by atoms with van der Waals surface area (Å²) in [5.41, 5.74) is 0.415. The van der Waals surface area contributed by atoms with Gasteiger partial charge in [0.25, 0.3) is 0 Å². The van der Waals surface area contributed by atoms with E-state index in [4.69, 9.17) is 23.2 Å². The molecule has 0 saturated heterocycles. The SMILES string of the molecule is Cn1ncc(Cl)c1-c1nc(Cl)ncc1F. The molecule has 2 rings (SSSR count). The van der Waals surface area contributed by atoms with E-state index in [1.54, 1.807) is 7.05 Å². The van der Waals surface area contributed by atoms with Crippen LogP contribution in [0.25, 0.3) is 11.4 Å². The van der Waals surface area contributed by atoms with Crippen LogP contribution in [0.3, 0.4) is 0 Å². The Morgan fingerprint density at radius 2 is 2.07 bits per heavy atom. The van der Waals surface area contributed by atoms with Gasteiger partial charge in [-0.25, -0.2) is 14.4 Å². The number of aryl methyl sites for hydroxylation is 1. The highest BCUT2D eigenvalue weighted by Gasteiger charge is 2.16. The Labute approximate surface area is 94.7 Å². The topological polar surface area (TPSA) is 43.6 Å². The second kappa shape index (κ2) is 3.75. The lowest BCUT2D eigenvalue weighted by Crippen LogP contribution is -1.99. The summed E-state index contributed by atoms with van der Waals surface area (Å²) >= 11 is 11.4. The van der Waals surface area contributed by atoms with Gasteiger partial charge in [0, 0.05) is 7.05 Å². The lowest BCUT2D eigenvalue weighted by atomic mass is 10.3. The van der Waals surface area contributed by atoms with E-state index in [1.807, 2.05) is 0 Å². The largest absolute Gasteiger partial charge is 0.265 e. The van der Waals surface area contributed by atoms with Crippen molar-refractivity contribution in [2.24, 2.45) is 7.05 Å². The molecule has 2 aromatic rings. The number of halogens is 3. The maximum atomic E-state index is 13.4. The van der Waals surface area contributed by atoms with Crippen molar-refractivity contribution in [2.45, 2.75) is 0 Å². The maximum absolute atomic E-state index is 13.4. The molecular weight excluding hydrogens is 242 g/mol. The summed E-state index contributed by atoms with van der Waals surface area (Å²) in [4.78, 5) is 7.29. The van der Waals surface area contributed by atoms with Crippen LogP contribution in [0.15, 0.2) is 12.4 Å². The van der Waals surface area contributed by atoms with Crippen molar-refractivity contribution >= 4 is 23.2 Å². The molecule has 0 N–H and O–H groups in total. The quantitative estimate of drug-likeness (QED) is 0.726. The highest BCUT2D eigenvalue weighted by atomic mass is 35.5. The monoisotopic (exact) mass is 246 g/mol. The number of aromatic nitrogens is 4. The highest BCUT2D eigenvalue weighted by molar-refractivity contribution is 6.33. The first-order valence-corrected chi connectivity index (χ1v) is 4.71. The van der Waals surface area contributed by atoms with Gasteiger partial charge in [0.15, 0.2) is 5.82 Å². The van der Waals surface area contributed by atoms with Crippen LogP contribution in [-0.2, 0) is 7.05 Å². The van der Waals surface area contributed by atoms with E-state index < -0.39 is 5.82 Å². The molecule has 0 atom stereocenters. The van der Waals surface area contributed by atoms with E-state index in [2.05, 4.69) is 15.1 Å². The predicted octanol–water partition coefficient (Wildman–Crippen LogP) is 2.32. The zero-order valence-corrected chi connectivity index (χ0v) is 9.09. The summed E-state index contributed by atoms with van der Waals surface area (Å²) in [5.74, 6) is -0.593. The van der Waals surface area contributed by atoms with E-state index in [0.717, 1.165) is 6.20 Å². The zero-order valence-electron chi connectivity index (χ0n) is 7.58. The summed E-state index contributed by atoms with van der Waals surface area (Å²) in [6.07, 6.45) is 2.40. The molecule has 0 spiro atoms. The Balaban J connectivity index is 2.68. The first kappa shape index (κ1) is 10.3. The molecule has 0 aliphatic heterocycles. The van der Waals surface area contributed by atoms with Gasteiger partial charge in [-0.3, -0.25) is 4.68 Å². The van der Waals surface area contributed by atoms with Crippen LogP contribution in [0.2, 0.25) is 10.3 Å². The van der Waals surface area contributed by atoms with Gasteiger partial charge in [0.05, 0.1) is 17.4 Å². The minimum absolute atomic E-state index is 0.0383. The summed E-state index contributed by atoms with van der Waals surface area (Å²) in [6.45, 7) is 0. The molecular formula is C8H5Cl2FN4. The molecule has 0 amide bonds. The number of hydrogen-bond donors (Lipinski definition) is 0. The van der Waals surface area contributed by atoms with Crippen molar-refractivity contribution in [3.05, 3.63) is 28.5 Å². The van der Waals surface area contributed by atoms with Crippen molar-refractivity contribution in [1.82, 2.24) is 19.7 Å². The van der Waals surface area contributed by atoms with Gasteiger partial charge >= 0.3 is 0 Å². The third-order valence-corrected chi connectivity index (χ3v) is 2.29. The Kier molecular flexibility index (Phi) is 2.58. The molecule has 7 heteroatoms. The van der Waals surface area contributed by atoms with Crippen LogP contribution in [0.5, 0.6) is 0 Å². The number of nitrogens with zero attached hydrogens (tertiary/aromatic N) is 4. The van der Waals surface area contributed by atoms with Crippen LogP contribution in [-0.4, -0.2) is 19.7 Å². The van der Waals surface area contributed by atoms with E-state index in [-0.39, 0.29) is 11.0 Å². The fourth-order valence-electron chi connectivity index (χ4n) is 1.19. The smallest absolute Gasteiger partial charge is 0.223 e. The average Bonchev–Trinajstić information content (AvgIpc) is 2.51. The second-order valence-electron chi connectivity index (χ2n) is 2.80. The molecule has 2 aromatic heterocycles. The zero-order chi connectivity index (χ0) is 11.0. The van der Waals surface area contributed by atoms with Gasteiger partial charge in [-0.15, -0.1) is 0 Å². The van der Waals surface area contributed by atoms with Crippen molar-refractivity contribution < 1.29 is 4.39 Å². The van der Waals surface area contributed by atoms with Gasteiger partial charge in [-0.1, -0.05) is 11.6 Å². The molecule has 0 aromatic carbocycles. The van der Waals surface area contributed by atoms with Crippen LogP contribution < -0.4 is 0 Å². The number of hydrogen-bond acceptors (Lipinski definition) is 3. The van der Waals surface area contributed by atoms with Gasteiger partial charge in [0.2, 0.25) is 5.28 Å². The van der Waals surface area contributed by atoms with Crippen molar-refractivity contribution in [3.63, 3.8) is 0 Å². The van der Waals surface area contributed by atoms with Gasteiger partial charge in [-0.05, 0) is 11.6 Å². The average molecular weight is 247 g/mol. The lowest BCUT2D eigenvalue weighted by molar-refractivity contribution is 0.614. The molecule has 0 radical (unpaired) electrons. The minimum atomic E-state index is -0.593. The maximum Gasteiger partial charge on any atom is 0.223 e. The van der Waals surface area contributed by atoms with Crippen LogP contribution >= 0.6 is 23.2 Å². The van der Waals surface area contributed by atoms with Gasteiger partial charge in [-0.2, -0.15) is 5.10 Å². The Bertz CT molecular complexity index is 492. The molecule has 0 fully saturated rings. The summed E-state index contributed by atoms with van der Waals surface area (Å²) in [7, 11) is 1.64. The first-order valence-electron chi connectivity index (χ1n) is 3.95. The molecule has 2 heterocycles. The van der Waals surface area contributed by atoms with E-state index in [0.29, 0.717) is 10.7 Å². The summed E-state index contributed by atoms with van der Waals surface area (Å²) < 4.78 is 14.8. The molecule has 0 unspecified atom stereocenters. The van der Waals surface area contributed by atoms with E-state index in [1.165, 1.54) is 10.9 Å². The van der Waals surface area contributed by atoms with Gasteiger partial charge in [0.1, 0.15) is 11.4 Å². The first-order chi connectivity index (χ1) is 7.09. The molecule has 4 nitrogen and oxygen atoms in total. The van der Waals surface area contributed by atoms with Crippen LogP contribution in [0.1, 0.15) is 0 Å². The molecule has 15 heavy (non-hydrogen) atoms. The Morgan fingerprint density at radius 3 is 2.67 bits per heavy atom. The van der Waals surface area contributed by atoms with Crippen molar-refractivity contribution in [2.75, 3.05) is 0 Å². The lowest BCUT2D eigenvalue weighted by Gasteiger charge is -2.03. The highest BCUT2D eigenvalue weighted by Crippen LogP contribution is 2.27. The predicted molar refractivity (Wildman–Crippen MR) is 54.2 cm³/mol. The van der Waals surface area contributed by atoms with Crippen LogP contribution in [0, 0.1) is 5.82 Å². The number of rotatable bonds is 1.